The number of sulfone groups is 1. The standard InChI is InChI=1S/C30H34N2O7S2/c1-21(17-23-9-5-3-6-10-23)29(31)32(41(37,38)26-13-14-28-25(18-26)15-16-39-28)30(34)22(2)19-40(35,36)20-27(33)24-11-7-4-8-12-24/h3-14,18,21-22,29H,15-17,19-20,31H2,1-2H3/t21-,22?,29-/m0/s1. The van der Waals surface area contributed by atoms with Crippen LogP contribution in [0, 0.1) is 11.8 Å². The molecule has 0 spiro atoms. The third-order valence-electron chi connectivity index (χ3n) is 7.06. The van der Waals surface area contributed by atoms with Crippen LogP contribution in [-0.4, -0.2) is 57.1 Å². The third kappa shape index (κ3) is 7.22. The molecule has 0 aliphatic carbocycles. The first-order valence-corrected chi connectivity index (χ1v) is 16.6. The molecule has 0 radical (unpaired) electrons. The minimum absolute atomic E-state index is 0.133. The van der Waals surface area contributed by atoms with E-state index in [9.17, 15) is 26.4 Å². The summed E-state index contributed by atoms with van der Waals surface area (Å²) in [5.74, 6) is -4.29. The number of ketones is 1. The lowest BCUT2D eigenvalue weighted by Crippen LogP contribution is -2.55. The van der Waals surface area contributed by atoms with Crippen molar-refractivity contribution < 1.29 is 31.2 Å². The number of amides is 1. The quantitative estimate of drug-likeness (QED) is 0.248. The maximum Gasteiger partial charge on any atom is 0.267 e. The zero-order chi connectivity index (χ0) is 29.8. The van der Waals surface area contributed by atoms with Gasteiger partial charge in [-0.05, 0) is 41.7 Å². The van der Waals surface area contributed by atoms with Gasteiger partial charge < -0.3 is 10.5 Å². The molecule has 11 heteroatoms. The van der Waals surface area contributed by atoms with Crippen molar-refractivity contribution in [2.24, 2.45) is 17.6 Å². The van der Waals surface area contributed by atoms with Crippen LogP contribution in [0.5, 0.6) is 5.75 Å². The van der Waals surface area contributed by atoms with E-state index in [1.807, 2.05) is 30.3 Å². The van der Waals surface area contributed by atoms with Gasteiger partial charge >= 0.3 is 0 Å². The maximum absolute atomic E-state index is 14.0. The number of benzene rings is 3. The number of sulfonamides is 1. The molecular weight excluding hydrogens is 564 g/mol. The van der Waals surface area contributed by atoms with E-state index < -0.39 is 61.1 Å². The number of ether oxygens (including phenoxy) is 1. The number of nitrogens with two attached hydrogens (primary N) is 1. The van der Waals surface area contributed by atoms with Gasteiger partial charge in [-0.1, -0.05) is 74.5 Å². The molecule has 1 aliphatic rings. The molecule has 3 aromatic rings. The average Bonchev–Trinajstić information content (AvgIpc) is 3.41. The van der Waals surface area contributed by atoms with Crippen LogP contribution >= 0.6 is 0 Å². The minimum Gasteiger partial charge on any atom is -0.493 e. The highest BCUT2D eigenvalue weighted by Crippen LogP contribution is 2.31. The van der Waals surface area contributed by atoms with Gasteiger partial charge in [-0.15, -0.1) is 0 Å². The average molecular weight is 599 g/mol. The van der Waals surface area contributed by atoms with Crippen molar-refractivity contribution in [1.82, 2.24) is 4.31 Å². The zero-order valence-corrected chi connectivity index (χ0v) is 24.6. The molecule has 0 saturated carbocycles. The summed E-state index contributed by atoms with van der Waals surface area (Å²) >= 11 is 0. The number of carbonyl (C=O) groups excluding carboxylic acids is 2. The van der Waals surface area contributed by atoms with Gasteiger partial charge in [0.15, 0.2) is 15.6 Å². The normalized spacial score (nSPS) is 15.3. The lowest BCUT2D eigenvalue weighted by molar-refractivity contribution is -0.131. The van der Waals surface area contributed by atoms with E-state index in [0.717, 1.165) is 5.56 Å². The summed E-state index contributed by atoms with van der Waals surface area (Å²) in [6, 6.07) is 21.6. The summed E-state index contributed by atoms with van der Waals surface area (Å²) in [5, 5.41) is 0. The number of rotatable bonds is 12. The first-order valence-electron chi connectivity index (χ1n) is 13.3. The van der Waals surface area contributed by atoms with E-state index in [4.69, 9.17) is 10.5 Å². The zero-order valence-electron chi connectivity index (χ0n) is 23.0. The molecule has 9 nitrogen and oxygen atoms in total. The number of hydrogen-bond donors (Lipinski definition) is 1. The Balaban J connectivity index is 1.62. The SMILES string of the molecule is CC(CS(=O)(=O)CC(=O)c1ccccc1)C(=O)N([C@H](N)[C@@H](C)Cc1ccccc1)S(=O)(=O)c1ccc2c(c1)CCO2. The fourth-order valence-electron chi connectivity index (χ4n) is 4.84. The Morgan fingerprint density at radius 3 is 2.22 bits per heavy atom. The van der Waals surface area contributed by atoms with E-state index in [-0.39, 0.29) is 10.5 Å². The number of nitrogens with zero attached hydrogens (tertiary/aromatic N) is 1. The molecule has 1 amide bonds. The number of fused-ring (bicyclic) bond motifs is 1. The molecule has 3 aromatic carbocycles. The summed E-state index contributed by atoms with van der Waals surface area (Å²) in [7, 11) is -8.55. The highest BCUT2D eigenvalue weighted by atomic mass is 32.2. The van der Waals surface area contributed by atoms with E-state index in [1.165, 1.54) is 31.2 Å². The van der Waals surface area contributed by atoms with Crippen molar-refractivity contribution >= 4 is 31.6 Å². The monoisotopic (exact) mass is 598 g/mol. The van der Waals surface area contributed by atoms with Crippen LogP contribution < -0.4 is 10.5 Å². The predicted octanol–water partition coefficient (Wildman–Crippen LogP) is 3.24. The number of hydrogen-bond acceptors (Lipinski definition) is 8. The van der Waals surface area contributed by atoms with Crippen molar-refractivity contribution in [3.8, 4) is 5.75 Å². The maximum atomic E-state index is 14.0. The fraction of sp³-hybridized carbons (Fsp3) is 0.333. The Morgan fingerprint density at radius 1 is 0.927 bits per heavy atom. The smallest absolute Gasteiger partial charge is 0.267 e. The number of Topliss-reactive ketones (excluding diaryl/α,β-unsaturated/α-hetero) is 1. The Bertz CT molecular complexity index is 1610. The molecule has 2 N–H and O–H groups in total. The van der Waals surface area contributed by atoms with E-state index in [1.54, 1.807) is 31.2 Å². The predicted molar refractivity (Wildman–Crippen MR) is 156 cm³/mol. The molecule has 0 saturated heterocycles. The number of carbonyl (C=O) groups is 2. The van der Waals surface area contributed by atoms with Crippen LogP contribution in [0.15, 0.2) is 83.8 Å². The van der Waals surface area contributed by atoms with Gasteiger partial charge in [0.2, 0.25) is 5.91 Å². The second-order valence-corrected chi connectivity index (χ2v) is 14.3. The molecule has 4 rings (SSSR count). The fourth-order valence-corrected chi connectivity index (χ4v) is 8.13. The van der Waals surface area contributed by atoms with Gasteiger partial charge in [0.1, 0.15) is 11.5 Å². The van der Waals surface area contributed by atoms with Crippen LogP contribution in [0.25, 0.3) is 0 Å². The van der Waals surface area contributed by atoms with Gasteiger partial charge in [-0.25, -0.2) is 21.1 Å². The molecule has 41 heavy (non-hydrogen) atoms. The summed E-state index contributed by atoms with van der Waals surface area (Å²) in [6.45, 7) is 3.50. The Kier molecular flexibility index (Phi) is 9.31. The minimum atomic E-state index is -4.48. The second-order valence-electron chi connectivity index (χ2n) is 10.4. The molecule has 1 unspecified atom stereocenters. The molecule has 0 fully saturated rings. The van der Waals surface area contributed by atoms with E-state index in [2.05, 4.69) is 0 Å². The summed E-state index contributed by atoms with van der Waals surface area (Å²) in [4.78, 5) is 26.2. The first kappa shape index (κ1) is 30.4. The van der Waals surface area contributed by atoms with Crippen LogP contribution in [0.4, 0.5) is 0 Å². The molecule has 0 aromatic heterocycles. The molecule has 0 bridgehead atoms. The van der Waals surface area contributed by atoms with Gasteiger partial charge in [-0.2, -0.15) is 0 Å². The van der Waals surface area contributed by atoms with Crippen LogP contribution in [0.2, 0.25) is 0 Å². The molecular formula is C30H34N2O7S2. The van der Waals surface area contributed by atoms with Crippen molar-refractivity contribution in [3.63, 3.8) is 0 Å². The largest absolute Gasteiger partial charge is 0.493 e. The Morgan fingerprint density at radius 2 is 1.56 bits per heavy atom. The summed E-state index contributed by atoms with van der Waals surface area (Å²) in [6.07, 6.45) is -0.376. The highest BCUT2D eigenvalue weighted by molar-refractivity contribution is 7.92. The highest BCUT2D eigenvalue weighted by Gasteiger charge is 2.40. The summed E-state index contributed by atoms with van der Waals surface area (Å²) in [5.41, 5.74) is 8.34. The topological polar surface area (TPSA) is 141 Å². The van der Waals surface area contributed by atoms with Crippen LogP contribution in [0.1, 0.15) is 35.3 Å². The molecule has 218 valence electrons. The van der Waals surface area contributed by atoms with Crippen LogP contribution in [0.3, 0.4) is 0 Å². The van der Waals surface area contributed by atoms with Gasteiger partial charge in [0, 0.05) is 12.0 Å². The Hall–Kier alpha value is -3.54. The van der Waals surface area contributed by atoms with Crippen molar-refractivity contribution in [2.45, 2.75) is 37.8 Å². The van der Waals surface area contributed by atoms with Gasteiger partial charge in [0.25, 0.3) is 10.0 Å². The third-order valence-corrected chi connectivity index (χ3v) is 10.6. The van der Waals surface area contributed by atoms with Gasteiger partial charge in [0.05, 0.1) is 29.3 Å². The summed E-state index contributed by atoms with van der Waals surface area (Å²) < 4.78 is 60.0. The Labute approximate surface area is 241 Å². The lowest BCUT2D eigenvalue weighted by atomic mass is 9.98. The van der Waals surface area contributed by atoms with Crippen molar-refractivity contribution in [2.75, 3.05) is 18.1 Å². The van der Waals surface area contributed by atoms with E-state index >= 15 is 0 Å². The lowest BCUT2D eigenvalue weighted by Gasteiger charge is -2.34. The first-order chi connectivity index (χ1) is 19.4. The van der Waals surface area contributed by atoms with Crippen molar-refractivity contribution in [1.29, 1.82) is 0 Å². The molecule has 3 atom stereocenters. The van der Waals surface area contributed by atoms with E-state index in [0.29, 0.717) is 35.1 Å². The molecule has 1 aliphatic heterocycles. The molecule has 1 heterocycles. The second kappa shape index (κ2) is 12.5. The van der Waals surface area contributed by atoms with Crippen LogP contribution in [-0.2, 0) is 37.5 Å². The van der Waals surface area contributed by atoms with Gasteiger partial charge in [-0.3, -0.25) is 9.59 Å². The van der Waals surface area contributed by atoms with Crippen molar-refractivity contribution in [3.05, 3.63) is 95.6 Å².